The molecule has 1 saturated carbocycles. The van der Waals surface area contributed by atoms with E-state index in [1.807, 2.05) is 24.3 Å². The average Bonchev–Trinajstić information content (AvgIpc) is 2.96. The van der Waals surface area contributed by atoms with Gasteiger partial charge in [0.05, 0.1) is 11.8 Å². The molecule has 3 aromatic rings. The molecule has 4 aliphatic rings. The molecule has 0 aromatic heterocycles. The minimum Gasteiger partial charge on any atom is -0.358 e. The lowest BCUT2D eigenvalue weighted by molar-refractivity contribution is 0.0787. The van der Waals surface area contributed by atoms with Gasteiger partial charge in [-0.3, -0.25) is 9.59 Å². The van der Waals surface area contributed by atoms with E-state index in [-0.39, 0.29) is 17.0 Å². The topological polar surface area (TPSA) is 58.2 Å². The van der Waals surface area contributed by atoms with Crippen LogP contribution in [0.1, 0.15) is 87.2 Å². The summed E-state index contributed by atoms with van der Waals surface area (Å²) in [6.45, 7) is 8.78. The molecule has 7 rings (SSSR count). The van der Waals surface area contributed by atoms with Crippen molar-refractivity contribution in [3.8, 4) is 0 Å². The number of aryl methyl sites for hydroxylation is 4. The van der Waals surface area contributed by atoms with Crippen LogP contribution in [0.25, 0.3) is 0 Å². The van der Waals surface area contributed by atoms with Gasteiger partial charge in [0.2, 0.25) is 0 Å². The highest BCUT2D eigenvalue weighted by molar-refractivity contribution is 6.18. The molecule has 3 aliphatic carbocycles. The van der Waals surface area contributed by atoms with Gasteiger partial charge in [0.15, 0.2) is 11.6 Å². The maximum absolute atomic E-state index is 14.2. The van der Waals surface area contributed by atoms with E-state index in [0.29, 0.717) is 11.1 Å². The molecular weight excluding hydrogens is 492 g/mol. The Morgan fingerprint density at radius 2 is 1.18 bits per heavy atom. The summed E-state index contributed by atoms with van der Waals surface area (Å²) in [6.07, 6.45) is 9.14. The zero-order valence-corrected chi connectivity index (χ0v) is 23.8. The van der Waals surface area contributed by atoms with Crippen LogP contribution in [0.15, 0.2) is 72.1 Å². The van der Waals surface area contributed by atoms with Crippen LogP contribution >= 0.6 is 0 Å². The number of carbonyl (C=O) groups is 2. The molecule has 0 radical (unpaired) electrons. The molecule has 2 N–H and O–H groups in total. The maximum atomic E-state index is 14.2. The second-order valence-electron chi connectivity index (χ2n) is 12.1. The van der Waals surface area contributed by atoms with E-state index in [9.17, 15) is 9.59 Å². The minimum absolute atomic E-state index is 0.00973. The Hall–Kier alpha value is -3.92. The number of nitrogens with one attached hydrogen (secondary N) is 2. The highest BCUT2D eigenvalue weighted by Gasteiger charge is 2.49. The first-order valence-corrected chi connectivity index (χ1v) is 14.8. The van der Waals surface area contributed by atoms with Crippen LogP contribution in [0.5, 0.6) is 0 Å². The molecule has 0 saturated heterocycles. The Morgan fingerprint density at radius 3 is 1.55 bits per heavy atom. The van der Waals surface area contributed by atoms with Crippen molar-refractivity contribution < 1.29 is 9.59 Å². The summed E-state index contributed by atoms with van der Waals surface area (Å²) in [6, 6.07) is 16.6. The Balaban J connectivity index is 1.56. The van der Waals surface area contributed by atoms with Crippen LogP contribution in [0, 0.1) is 25.7 Å². The average molecular weight is 529 g/mol. The first kappa shape index (κ1) is 25.1. The summed E-state index contributed by atoms with van der Waals surface area (Å²) in [5.41, 5.74) is 12.4. The second kappa shape index (κ2) is 9.05. The molecule has 2 bridgehead atoms. The summed E-state index contributed by atoms with van der Waals surface area (Å²) >= 11 is 0. The van der Waals surface area contributed by atoms with Gasteiger partial charge >= 0.3 is 0 Å². The van der Waals surface area contributed by atoms with Gasteiger partial charge in [0.25, 0.3) is 0 Å². The molecule has 4 heteroatoms. The number of anilines is 2. The largest absolute Gasteiger partial charge is 0.358 e. The van der Waals surface area contributed by atoms with Gasteiger partial charge in [-0.2, -0.15) is 0 Å². The van der Waals surface area contributed by atoms with Gasteiger partial charge in [-0.15, -0.1) is 0 Å². The number of carbonyl (C=O) groups excluding carboxylic acids is 2. The molecule has 1 heterocycles. The smallest absolute Gasteiger partial charge is 0.173 e. The van der Waals surface area contributed by atoms with Crippen molar-refractivity contribution in [3.63, 3.8) is 0 Å². The Kier molecular flexibility index (Phi) is 5.68. The monoisotopic (exact) mass is 528 g/mol. The van der Waals surface area contributed by atoms with Crippen molar-refractivity contribution in [3.05, 3.63) is 117 Å². The summed E-state index contributed by atoms with van der Waals surface area (Å²) in [5, 5.41) is 7.65. The predicted octanol–water partition coefficient (Wildman–Crippen LogP) is 7.83. The molecule has 202 valence electrons. The van der Waals surface area contributed by atoms with Crippen LogP contribution in [-0.2, 0) is 18.3 Å². The molecule has 1 aliphatic heterocycles. The summed E-state index contributed by atoms with van der Waals surface area (Å²) in [5.74, 6) is -1.17. The standard InChI is InChI=1S/C36H36N2O2/c1-5-22-16-20(3)18-26-32(22)37-28-12-13-29(31-30(28)34(39)24-10-7-8-11-25(24)35(31)40)38-33-23(6-2)17-21(4)19-27(33)36(26)14-9-15-36/h7-8,10-13,16-19,30-31,37-38H,5-6,9,14-15H2,1-4H3. The van der Waals surface area contributed by atoms with Gasteiger partial charge in [-0.1, -0.05) is 79.9 Å². The Labute approximate surface area is 236 Å². The molecule has 40 heavy (non-hydrogen) atoms. The third-order valence-corrected chi connectivity index (χ3v) is 9.74. The molecule has 1 fully saturated rings. The van der Waals surface area contributed by atoms with Gasteiger partial charge in [0, 0.05) is 39.3 Å². The quantitative estimate of drug-likeness (QED) is 0.356. The van der Waals surface area contributed by atoms with Gasteiger partial charge < -0.3 is 10.6 Å². The van der Waals surface area contributed by atoms with Crippen LogP contribution in [-0.4, -0.2) is 11.6 Å². The van der Waals surface area contributed by atoms with E-state index >= 15 is 0 Å². The van der Waals surface area contributed by atoms with Crippen molar-refractivity contribution in [1.82, 2.24) is 0 Å². The van der Waals surface area contributed by atoms with Crippen molar-refractivity contribution in [2.75, 3.05) is 10.6 Å². The lowest BCUT2D eigenvalue weighted by Crippen LogP contribution is -2.43. The van der Waals surface area contributed by atoms with Crippen molar-refractivity contribution in [2.24, 2.45) is 11.8 Å². The second-order valence-corrected chi connectivity index (χ2v) is 12.1. The third kappa shape index (κ3) is 3.44. The summed E-state index contributed by atoms with van der Waals surface area (Å²) < 4.78 is 0. The van der Waals surface area contributed by atoms with E-state index < -0.39 is 11.8 Å². The van der Waals surface area contributed by atoms with Gasteiger partial charge in [-0.25, -0.2) is 0 Å². The first-order valence-electron chi connectivity index (χ1n) is 14.8. The molecule has 1 spiro atoms. The summed E-state index contributed by atoms with van der Waals surface area (Å²) in [7, 11) is 0. The number of allylic oxidation sites excluding steroid dienone is 4. The van der Waals surface area contributed by atoms with E-state index in [0.717, 1.165) is 48.5 Å². The Bertz CT molecular complexity index is 1550. The highest BCUT2D eigenvalue weighted by Crippen LogP contribution is 2.56. The van der Waals surface area contributed by atoms with Crippen LogP contribution in [0.4, 0.5) is 11.4 Å². The lowest BCUT2D eigenvalue weighted by Gasteiger charge is -2.46. The minimum atomic E-state index is -0.594. The number of hydrogen-bond acceptors (Lipinski definition) is 4. The lowest BCUT2D eigenvalue weighted by atomic mass is 9.59. The number of benzene rings is 3. The molecule has 2 atom stereocenters. The molecule has 3 aromatic carbocycles. The van der Waals surface area contributed by atoms with E-state index in [1.165, 1.54) is 39.8 Å². The van der Waals surface area contributed by atoms with Crippen LogP contribution < -0.4 is 10.6 Å². The molecule has 4 nitrogen and oxygen atoms in total. The predicted molar refractivity (Wildman–Crippen MR) is 161 cm³/mol. The first-order chi connectivity index (χ1) is 19.4. The fourth-order valence-electron chi connectivity index (χ4n) is 7.65. The molecule has 0 amide bonds. The fourth-order valence-corrected chi connectivity index (χ4v) is 7.65. The number of fused-ring (bicyclic) bond motifs is 9. The zero-order valence-electron chi connectivity index (χ0n) is 23.8. The number of hydrogen-bond donors (Lipinski definition) is 2. The van der Waals surface area contributed by atoms with E-state index in [2.05, 4.69) is 62.6 Å². The van der Waals surface area contributed by atoms with Gasteiger partial charge in [0.1, 0.15) is 0 Å². The number of ketones is 2. The van der Waals surface area contributed by atoms with Crippen LogP contribution in [0.2, 0.25) is 0 Å². The number of Topliss-reactive ketones (excluding diaryl/α,β-unsaturated/α-hetero) is 2. The number of rotatable bonds is 2. The Morgan fingerprint density at radius 1 is 0.725 bits per heavy atom. The van der Waals surface area contributed by atoms with Gasteiger partial charge in [-0.05, 0) is 73.9 Å². The van der Waals surface area contributed by atoms with E-state index in [1.54, 1.807) is 12.1 Å². The summed E-state index contributed by atoms with van der Waals surface area (Å²) in [4.78, 5) is 28.4. The highest BCUT2D eigenvalue weighted by atomic mass is 16.1. The maximum Gasteiger partial charge on any atom is 0.173 e. The van der Waals surface area contributed by atoms with Crippen molar-refractivity contribution >= 4 is 22.9 Å². The molecule has 2 unspecified atom stereocenters. The third-order valence-electron chi connectivity index (χ3n) is 9.74. The van der Waals surface area contributed by atoms with Crippen LogP contribution in [0.3, 0.4) is 0 Å². The normalized spacial score (nSPS) is 21.9. The fraction of sp³-hybridized carbons (Fsp3) is 0.333. The zero-order chi connectivity index (χ0) is 27.8. The van der Waals surface area contributed by atoms with E-state index in [4.69, 9.17) is 0 Å². The SMILES string of the molecule is CCc1cc(C)cc2c1NC1=CC=C(Nc3c(CC)cc(C)cc3C23CCC3)C2C(=O)c3ccccc3C(=O)C12. The molecular formula is C36H36N2O2. The van der Waals surface area contributed by atoms with Crippen molar-refractivity contribution in [1.29, 1.82) is 0 Å². The van der Waals surface area contributed by atoms with Crippen molar-refractivity contribution in [2.45, 2.75) is 65.2 Å².